The van der Waals surface area contributed by atoms with Gasteiger partial charge in [-0.15, -0.1) is 0 Å². The predicted octanol–water partition coefficient (Wildman–Crippen LogP) is 6.22. The van der Waals surface area contributed by atoms with Gasteiger partial charge in [-0.3, -0.25) is 0 Å². The van der Waals surface area contributed by atoms with E-state index in [0.29, 0.717) is 33.9 Å². The van der Waals surface area contributed by atoms with Gasteiger partial charge in [-0.2, -0.15) is 13.2 Å². The number of rotatable bonds is 4. The summed E-state index contributed by atoms with van der Waals surface area (Å²) in [4.78, 5) is 4.64. The maximum Gasteiger partial charge on any atom is 0.417 e. The van der Waals surface area contributed by atoms with Gasteiger partial charge in [-0.05, 0) is 29.3 Å². The number of hydrogen-bond acceptors (Lipinski definition) is 4. The number of halogens is 3. The molecule has 0 saturated heterocycles. The number of aromatic nitrogens is 2. The number of fused-ring (bicyclic) bond motifs is 2. The first kappa shape index (κ1) is 21.6. The van der Waals surface area contributed by atoms with Crippen LogP contribution in [0.25, 0.3) is 32.9 Å². The molecule has 0 radical (unpaired) electrons. The number of para-hydroxylation sites is 1. The number of nitrogen functional groups attached to an aromatic ring is 1. The minimum atomic E-state index is -4.52. The molecule has 172 valence electrons. The smallest absolute Gasteiger partial charge is 0.417 e. The number of ether oxygens (including phenoxy) is 1. The van der Waals surface area contributed by atoms with Crippen molar-refractivity contribution in [3.63, 3.8) is 0 Å². The molecule has 0 aliphatic heterocycles. The molecular formula is C26H20F3N3O2. The van der Waals surface area contributed by atoms with Crippen LogP contribution in [0.5, 0.6) is 11.6 Å². The van der Waals surface area contributed by atoms with E-state index in [2.05, 4.69) is 4.98 Å². The van der Waals surface area contributed by atoms with E-state index in [1.54, 1.807) is 42.1 Å². The fraction of sp³-hybridized carbons (Fsp3) is 0.115. The minimum absolute atomic E-state index is 0.0220. The topological polar surface area (TPSA) is 73.3 Å². The van der Waals surface area contributed by atoms with Crippen LogP contribution in [-0.2, 0) is 12.7 Å². The number of nitrogens with two attached hydrogens (primary N) is 1. The summed E-state index contributed by atoms with van der Waals surface area (Å²) in [5.74, 6) is 0.660. The lowest BCUT2D eigenvalue weighted by Gasteiger charge is -2.15. The highest BCUT2D eigenvalue weighted by Gasteiger charge is 2.34. The summed E-state index contributed by atoms with van der Waals surface area (Å²) in [6.07, 6.45) is -2.87. The Bertz CT molecular complexity index is 1520. The van der Waals surface area contributed by atoms with Crippen molar-refractivity contribution in [3.05, 3.63) is 84.1 Å². The summed E-state index contributed by atoms with van der Waals surface area (Å²) in [5, 5.41) is 11.7. The van der Waals surface area contributed by atoms with E-state index in [4.69, 9.17) is 10.5 Å². The molecule has 0 saturated carbocycles. The number of methoxy groups -OCH3 is 1. The predicted molar refractivity (Wildman–Crippen MR) is 126 cm³/mol. The molecule has 0 aliphatic carbocycles. The van der Waals surface area contributed by atoms with E-state index in [1.165, 1.54) is 12.1 Å². The molecule has 0 bridgehead atoms. The molecule has 8 heteroatoms. The van der Waals surface area contributed by atoms with Crippen LogP contribution < -0.4 is 10.5 Å². The molecule has 5 rings (SSSR count). The largest absolute Gasteiger partial charge is 0.497 e. The normalized spacial score (nSPS) is 11.9. The highest BCUT2D eigenvalue weighted by Crippen LogP contribution is 2.42. The number of alkyl halides is 3. The summed E-state index contributed by atoms with van der Waals surface area (Å²) in [6.45, 7) is 0.353. The van der Waals surface area contributed by atoms with Gasteiger partial charge in [0.15, 0.2) is 0 Å². The van der Waals surface area contributed by atoms with Gasteiger partial charge in [-0.25, -0.2) is 4.98 Å². The Hall–Kier alpha value is -4.20. The molecule has 5 nitrogen and oxygen atoms in total. The first-order valence-corrected chi connectivity index (χ1v) is 10.5. The maximum atomic E-state index is 13.7. The third-order valence-corrected chi connectivity index (χ3v) is 5.89. The first-order chi connectivity index (χ1) is 16.3. The van der Waals surface area contributed by atoms with E-state index < -0.39 is 11.7 Å². The summed E-state index contributed by atoms with van der Waals surface area (Å²) in [6, 6.07) is 17.7. The van der Waals surface area contributed by atoms with Gasteiger partial charge in [0.05, 0.1) is 41.3 Å². The summed E-state index contributed by atoms with van der Waals surface area (Å²) < 4.78 is 47.8. The molecule has 2 aromatic heterocycles. The summed E-state index contributed by atoms with van der Waals surface area (Å²) in [5.41, 5.74) is 7.93. The van der Waals surface area contributed by atoms with Gasteiger partial charge < -0.3 is 20.1 Å². The third kappa shape index (κ3) is 3.57. The number of hydrogen-bond donors (Lipinski definition) is 2. The molecule has 0 fully saturated rings. The molecule has 0 unspecified atom stereocenters. The van der Waals surface area contributed by atoms with Crippen molar-refractivity contribution in [2.24, 2.45) is 0 Å². The number of nitrogens with zero attached hydrogens (tertiary/aromatic N) is 2. The summed E-state index contributed by atoms with van der Waals surface area (Å²) in [7, 11) is 1.58. The molecule has 3 N–H and O–H groups in total. The van der Waals surface area contributed by atoms with Gasteiger partial charge in [0.25, 0.3) is 0 Å². The summed E-state index contributed by atoms with van der Waals surface area (Å²) >= 11 is 0. The van der Waals surface area contributed by atoms with E-state index >= 15 is 0 Å². The molecule has 2 heterocycles. The van der Waals surface area contributed by atoms with Crippen LogP contribution >= 0.6 is 0 Å². The van der Waals surface area contributed by atoms with Crippen molar-refractivity contribution in [2.45, 2.75) is 12.7 Å². The average molecular weight is 463 g/mol. The van der Waals surface area contributed by atoms with E-state index in [0.717, 1.165) is 17.4 Å². The van der Waals surface area contributed by atoms with Crippen molar-refractivity contribution in [2.75, 3.05) is 12.8 Å². The zero-order valence-corrected chi connectivity index (χ0v) is 18.1. The van der Waals surface area contributed by atoms with Crippen LogP contribution in [0, 0.1) is 0 Å². The first-order valence-electron chi connectivity index (χ1n) is 10.5. The Kier molecular flexibility index (Phi) is 5.08. The maximum absolute atomic E-state index is 13.7. The van der Waals surface area contributed by atoms with Crippen LogP contribution in [0.15, 0.2) is 72.9 Å². The molecule has 0 amide bonds. The molecule has 0 spiro atoms. The van der Waals surface area contributed by atoms with Crippen LogP contribution in [0.1, 0.15) is 11.1 Å². The van der Waals surface area contributed by atoms with Crippen LogP contribution in [0.2, 0.25) is 0 Å². The molecular weight excluding hydrogens is 443 g/mol. The molecule has 0 atom stereocenters. The Morgan fingerprint density at radius 3 is 2.38 bits per heavy atom. The second kappa shape index (κ2) is 7.98. The van der Waals surface area contributed by atoms with Gasteiger partial charge in [0, 0.05) is 17.1 Å². The van der Waals surface area contributed by atoms with E-state index in [1.807, 2.05) is 24.3 Å². The standard InChI is InChI=1S/C26H20F3N3O2/c1-34-16-11-9-15(10-12-16)13-32-14-21-22(25(32)33)23(30)19-7-4-6-18(24(19)31-21)17-5-2-3-8-20(17)26(27,28)29/h2-12,14,33H,13,30H2,1H3. The lowest BCUT2D eigenvalue weighted by Crippen LogP contribution is -2.07. The molecule has 34 heavy (non-hydrogen) atoms. The Balaban J connectivity index is 1.69. The van der Waals surface area contributed by atoms with Gasteiger partial charge in [0.2, 0.25) is 5.88 Å². The van der Waals surface area contributed by atoms with Crippen molar-refractivity contribution in [3.8, 4) is 22.8 Å². The number of anilines is 1. The Morgan fingerprint density at radius 2 is 1.68 bits per heavy atom. The lowest BCUT2D eigenvalue weighted by molar-refractivity contribution is -0.137. The second-order valence-corrected chi connectivity index (χ2v) is 7.96. The SMILES string of the molecule is COc1ccc(Cn2cc3nc4c(-c5ccccc5C(F)(F)F)cccc4c(N)c3c2O)cc1. The molecule has 0 aliphatic rings. The average Bonchev–Trinajstić information content (AvgIpc) is 3.14. The van der Waals surface area contributed by atoms with Gasteiger partial charge in [-0.1, -0.05) is 48.5 Å². The fourth-order valence-corrected chi connectivity index (χ4v) is 4.24. The van der Waals surface area contributed by atoms with Crippen molar-refractivity contribution < 1.29 is 23.0 Å². The number of benzene rings is 3. The molecule has 5 aromatic rings. The van der Waals surface area contributed by atoms with E-state index in [9.17, 15) is 18.3 Å². The quantitative estimate of drug-likeness (QED) is 0.332. The highest BCUT2D eigenvalue weighted by atomic mass is 19.4. The lowest BCUT2D eigenvalue weighted by atomic mass is 9.96. The van der Waals surface area contributed by atoms with Crippen LogP contribution in [0.3, 0.4) is 0 Å². The number of aromatic hydroxyl groups is 1. The Morgan fingerprint density at radius 1 is 0.971 bits per heavy atom. The van der Waals surface area contributed by atoms with Crippen LogP contribution in [-0.4, -0.2) is 21.8 Å². The second-order valence-electron chi connectivity index (χ2n) is 7.96. The van der Waals surface area contributed by atoms with Crippen molar-refractivity contribution in [1.29, 1.82) is 0 Å². The zero-order chi connectivity index (χ0) is 24.0. The fourth-order valence-electron chi connectivity index (χ4n) is 4.24. The van der Waals surface area contributed by atoms with Crippen molar-refractivity contribution in [1.82, 2.24) is 9.55 Å². The van der Waals surface area contributed by atoms with Crippen molar-refractivity contribution >= 4 is 27.5 Å². The molecule has 3 aromatic carbocycles. The zero-order valence-electron chi connectivity index (χ0n) is 18.1. The van der Waals surface area contributed by atoms with Gasteiger partial charge >= 0.3 is 6.18 Å². The third-order valence-electron chi connectivity index (χ3n) is 5.89. The minimum Gasteiger partial charge on any atom is -0.497 e. The highest BCUT2D eigenvalue weighted by molar-refractivity contribution is 6.12. The number of pyridine rings is 1. The Labute approximate surface area is 192 Å². The van der Waals surface area contributed by atoms with E-state index in [-0.39, 0.29) is 17.1 Å². The van der Waals surface area contributed by atoms with Gasteiger partial charge in [0.1, 0.15) is 5.75 Å². The monoisotopic (exact) mass is 463 g/mol. The van der Waals surface area contributed by atoms with Crippen LogP contribution in [0.4, 0.5) is 18.9 Å².